The second kappa shape index (κ2) is 3.50. The van der Waals surface area contributed by atoms with Crippen LogP contribution in [0, 0.1) is 6.92 Å². The van der Waals surface area contributed by atoms with Crippen LogP contribution < -0.4 is 0 Å². The highest BCUT2D eigenvalue weighted by atomic mass is 16.3. The van der Waals surface area contributed by atoms with E-state index in [1.54, 1.807) is 6.20 Å². The molecule has 15 heavy (non-hydrogen) atoms. The van der Waals surface area contributed by atoms with E-state index in [4.69, 9.17) is 0 Å². The Bertz CT molecular complexity index is 506. The number of nitrogens with zero attached hydrogens (tertiary/aromatic N) is 2. The van der Waals surface area contributed by atoms with Gasteiger partial charge < -0.3 is 5.11 Å². The summed E-state index contributed by atoms with van der Waals surface area (Å²) in [5.41, 5.74) is 2.98. The molecule has 0 aliphatic heterocycles. The first-order valence-corrected chi connectivity index (χ1v) is 5.05. The quantitative estimate of drug-likeness (QED) is 0.773. The van der Waals surface area contributed by atoms with Crippen molar-refractivity contribution in [1.29, 1.82) is 0 Å². The summed E-state index contributed by atoms with van der Waals surface area (Å²) < 4.78 is 0. The lowest BCUT2D eigenvalue weighted by Crippen LogP contribution is -1.97. The molecule has 2 aromatic heterocycles. The lowest BCUT2D eigenvalue weighted by Gasteiger charge is -2.10. The fraction of sp³-hybridized carbons (Fsp3) is 0.333. The molecule has 0 aliphatic rings. The number of fused-ring (bicyclic) bond motifs is 1. The van der Waals surface area contributed by atoms with Gasteiger partial charge in [0.05, 0.1) is 10.9 Å². The van der Waals surface area contributed by atoms with Gasteiger partial charge in [-0.1, -0.05) is 13.8 Å². The molecule has 0 aromatic carbocycles. The van der Waals surface area contributed by atoms with Crippen molar-refractivity contribution in [2.75, 3.05) is 0 Å². The molecule has 2 rings (SSSR count). The van der Waals surface area contributed by atoms with E-state index in [1.807, 2.05) is 19.1 Å². The Kier molecular flexibility index (Phi) is 2.31. The normalized spacial score (nSPS) is 11.2. The number of aromatic nitrogens is 2. The molecule has 78 valence electrons. The van der Waals surface area contributed by atoms with Gasteiger partial charge in [-0.2, -0.15) is 0 Å². The van der Waals surface area contributed by atoms with Crippen molar-refractivity contribution in [3.05, 3.63) is 29.6 Å². The minimum Gasteiger partial charge on any atom is -0.493 e. The molecular formula is C12H14N2O. The molecule has 3 nitrogen and oxygen atoms in total. The van der Waals surface area contributed by atoms with Gasteiger partial charge in [-0.3, -0.25) is 4.98 Å². The zero-order valence-corrected chi connectivity index (χ0v) is 9.15. The Labute approximate surface area is 88.8 Å². The predicted octanol–water partition coefficient (Wildman–Crippen LogP) is 2.77. The minimum absolute atomic E-state index is 0.0541. The summed E-state index contributed by atoms with van der Waals surface area (Å²) in [7, 11) is 0. The van der Waals surface area contributed by atoms with E-state index < -0.39 is 0 Å². The molecule has 0 atom stereocenters. The summed E-state index contributed by atoms with van der Waals surface area (Å²) in [5, 5.41) is 10.3. The molecular weight excluding hydrogens is 188 g/mol. The zero-order valence-electron chi connectivity index (χ0n) is 9.15. The van der Waals surface area contributed by atoms with Crippen molar-refractivity contribution in [3.63, 3.8) is 0 Å². The first-order chi connectivity index (χ1) is 7.09. The fourth-order valence-corrected chi connectivity index (χ4v) is 1.78. The Balaban J connectivity index is 2.76. The number of hydrogen-bond acceptors (Lipinski definition) is 3. The minimum atomic E-state index is 0.0541. The molecule has 2 heterocycles. The zero-order chi connectivity index (χ0) is 11.0. The van der Waals surface area contributed by atoms with Crippen LogP contribution in [-0.4, -0.2) is 15.1 Å². The maximum atomic E-state index is 9.57. The smallest absolute Gasteiger partial charge is 0.220 e. The molecule has 0 spiro atoms. The average Bonchev–Trinajstić information content (AvgIpc) is 2.18. The van der Waals surface area contributed by atoms with Gasteiger partial charge >= 0.3 is 0 Å². The van der Waals surface area contributed by atoms with Gasteiger partial charge in [0.1, 0.15) is 0 Å². The standard InChI is InChI=1S/C12H14N2O/c1-7(2)11-8(3)6-9-10(14-11)4-5-13-12(9)15/h4-7H,1-3H3,(H,13,15). The molecule has 2 aromatic rings. The summed E-state index contributed by atoms with van der Waals surface area (Å²) in [4.78, 5) is 8.37. The topological polar surface area (TPSA) is 46.0 Å². The van der Waals surface area contributed by atoms with Gasteiger partial charge in [-0.25, -0.2) is 4.98 Å². The highest BCUT2D eigenvalue weighted by Gasteiger charge is 2.09. The maximum Gasteiger partial charge on any atom is 0.220 e. The summed E-state index contributed by atoms with van der Waals surface area (Å²) in [5.74, 6) is 0.447. The Morgan fingerprint density at radius 2 is 2.07 bits per heavy atom. The van der Waals surface area contributed by atoms with Gasteiger partial charge in [0.15, 0.2) is 0 Å². The van der Waals surface area contributed by atoms with Gasteiger partial charge in [0.25, 0.3) is 0 Å². The molecule has 0 radical (unpaired) electrons. The van der Waals surface area contributed by atoms with Crippen LogP contribution in [0.4, 0.5) is 0 Å². The second-order valence-electron chi connectivity index (χ2n) is 4.05. The third kappa shape index (κ3) is 1.65. The van der Waals surface area contributed by atoms with E-state index in [2.05, 4.69) is 23.8 Å². The van der Waals surface area contributed by atoms with E-state index in [1.165, 1.54) is 0 Å². The fourth-order valence-electron chi connectivity index (χ4n) is 1.78. The molecule has 0 saturated carbocycles. The van der Waals surface area contributed by atoms with Crippen LogP contribution in [0.15, 0.2) is 18.3 Å². The molecule has 0 fully saturated rings. The number of aromatic hydroxyl groups is 1. The predicted molar refractivity (Wildman–Crippen MR) is 60.0 cm³/mol. The van der Waals surface area contributed by atoms with Crippen LogP contribution in [0.25, 0.3) is 10.9 Å². The van der Waals surface area contributed by atoms with E-state index in [0.717, 1.165) is 22.2 Å². The van der Waals surface area contributed by atoms with Crippen LogP contribution in [0.1, 0.15) is 31.0 Å². The molecule has 1 N–H and O–H groups in total. The maximum absolute atomic E-state index is 9.57. The first kappa shape index (κ1) is 9.90. The largest absolute Gasteiger partial charge is 0.493 e. The highest BCUT2D eigenvalue weighted by Crippen LogP contribution is 2.25. The van der Waals surface area contributed by atoms with E-state index >= 15 is 0 Å². The van der Waals surface area contributed by atoms with Crippen molar-refractivity contribution >= 4 is 10.9 Å². The molecule has 0 bridgehead atoms. The summed E-state index contributed by atoms with van der Waals surface area (Å²) in [6.45, 7) is 6.23. The van der Waals surface area contributed by atoms with E-state index in [-0.39, 0.29) is 5.88 Å². The third-order valence-electron chi connectivity index (χ3n) is 2.50. The molecule has 0 amide bonds. The van der Waals surface area contributed by atoms with E-state index in [9.17, 15) is 5.11 Å². The van der Waals surface area contributed by atoms with Gasteiger partial charge in [-0.15, -0.1) is 0 Å². The van der Waals surface area contributed by atoms with Gasteiger partial charge in [0, 0.05) is 11.9 Å². The lowest BCUT2D eigenvalue weighted by atomic mass is 10.0. The Hall–Kier alpha value is -1.64. The number of hydrogen-bond donors (Lipinski definition) is 1. The monoisotopic (exact) mass is 202 g/mol. The van der Waals surface area contributed by atoms with Crippen LogP contribution in [0.3, 0.4) is 0 Å². The molecule has 3 heteroatoms. The number of aryl methyl sites for hydroxylation is 1. The van der Waals surface area contributed by atoms with Crippen LogP contribution in [-0.2, 0) is 0 Å². The van der Waals surface area contributed by atoms with Crippen LogP contribution >= 0.6 is 0 Å². The third-order valence-corrected chi connectivity index (χ3v) is 2.50. The van der Waals surface area contributed by atoms with Crippen molar-refractivity contribution in [1.82, 2.24) is 9.97 Å². The Morgan fingerprint density at radius 3 is 2.73 bits per heavy atom. The first-order valence-electron chi connectivity index (χ1n) is 5.05. The van der Waals surface area contributed by atoms with Crippen molar-refractivity contribution < 1.29 is 5.11 Å². The van der Waals surface area contributed by atoms with Crippen molar-refractivity contribution in [2.24, 2.45) is 0 Å². The summed E-state index contributed by atoms with van der Waals surface area (Å²) >= 11 is 0. The van der Waals surface area contributed by atoms with Crippen molar-refractivity contribution in [2.45, 2.75) is 26.7 Å². The molecule has 0 unspecified atom stereocenters. The van der Waals surface area contributed by atoms with Gasteiger partial charge in [-0.05, 0) is 30.5 Å². The SMILES string of the molecule is Cc1cc2c(O)nccc2nc1C(C)C. The highest BCUT2D eigenvalue weighted by molar-refractivity contribution is 5.83. The Morgan fingerprint density at radius 1 is 1.33 bits per heavy atom. The molecule has 0 saturated heterocycles. The second-order valence-corrected chi connectivity index (χ2v) is 4.05. The van der Waals surface area contributed by atoms with E-state index in [0.29, 0.717) is 5.92 Å². The van der Waals surface area contributed by atoms with Gasteiger partial charge in [0.2, 0.25) is 5.88 Å². The van der Waals surface area contributed by atoms with Crippen LogP contribution in [0.2, 0.25) is 0 Å². The van der Waals surface area contributed by atoms with Crippen molar-refractivity contribution in [3.8, 4) is 5.88 Å². The number of rotatable bonds is 1. The molecule has 0 aliphatic carbocycles. The lowest BCUT2D eigenvalue weighted by molar-refractivity contribution is 0.460. The van der Waals surface area contributed by atoms with Crippen LogP contribution in [0.5, 0.6) is 5.88 Å². The number of pyridine rings is 2. The summed E-state index contributed by atoms with van der Waals surface area (Å²) in [6.07, 6.45) is 1.57. The summed E-state index contributed by atoms with van der Waals surface area (Å²) in [6, 6.07) is 3.76. The average molecular weight is 202 g/mol.